The largest absolute Gasteiger partial charge is 0.389 e. The van der Waals surface area contributed by atoms with Crippen molar-refractivity contribution in [3.05, 3.63) is 0 Å². The molecule has 0 amide bonds. The third kappa shape index (κ3) is 2.98. The Hall–Kier alpha value is -0.120. The van der Waals surface area contributed by atoms with Gasteiger partial charge in [0.15, 0.2) is 0 Å². The summed E-state index contributed by atoms with van der Waals surface area (Å²) >= 11 is 0. The van der Waals surface area contributed by atoms with Crippen LogP contribution in [0.2, 0.25) is 0 Å². The number of nitrogens with zero attached hydrogens (tertiary/aromatic N) is 1. The van der Waals surface area contributed by atoms with Crippen molar-refractivity contribution >= 4 is 0 Å². The molecule has 0 unspecified atom stereocenters. The summed E-state index contributed by atoms with van der Waals surface area (Å²) in [7, 11) is 0. The summed E-state index contributed by atoms with van der Waals surface area (Å²) in [6.45, 7) is 8.47. The number of nitrogens with two attached hydrogens (primary N) is 1. The van der Waals surface area contributed by atoms with Crippen molar-refractivity contribution in [2.24, 2.45) is 17.1 Å². The van der Waals surface area contributed by atoms with Crippen molar-refractivity contribution in [2.45, 2.75) is 64.4 Å². The number of hydrogen-bond acceptors (Lipinski definition) is 3. The third-order valence-electron chi connectivity index (χ3n) is 5.83. The highest BCUT2D eigenvalue weighted by Crippen LogP contribution is 2.49. The molecule has 1 saturated carbocycles. The topological polar surface area (TPSA) is 49.5 Å². The number of rotatable bonds is 4. The van der Waals surface area contributed by atoms with E-state index in [1.54, 1.807) is 0 Å². The van der Waals surface area contributed by atoms with Crippen LogP contribution >= 0.6 is 0 Å². The lowest BCUT2D eigenvalue weighted by atomic mass is 9.58. The maximum absolute atomic E-state index is 11.2. The quantitative estimate of drug-likeness (QED) is 0.823. The molecule has 1 saturated heterocycles. The van der Waals surface area contributed by atoms with Crippen LogP contribution < -0.4 is 5.73 Å². The van der Waals surface area contributed by atoms with Gasteiger partial charge in [0.1, 0.15) is 0 Å². The molecule has 0 spiro atoms. The minimum atomic E-state index is -0.508. The van der Waals surface area contributed by atoms with Crippen LogP contribution in [-0.4, -0.2) is 41.8 Å². The molecule has 0 radical (unpaired) electrons. The Balaban J connectivity index is 2.02. The van der Waals surface area contributed by atoms with E-state index in [1.165, 1.54) is 25.8 Å². The van der Waals surface area contributed by atoms with E-state index in [9.17, 15) is 5.11 Å². The lowest BCUT2D eigenvalue weighted by Gasteiger charge is -2.53. The Kier molecular flexibility index (Phi) is 4.91. The van der Waals surface area contributed by atoms with Crippen molar-refractivity contribution in [3.8, 4) is 0 Å². The maximum Gasteiger partial charge on any atom is 0.0740 e. The highest BCUT2D eigenvalue weighted by Gasteiger charge is 2.51. The van der Waals surface area contributed by atoms with Crippen LogP contribution in [0, 0.1) is 11.3 Å². The van der Waals surface area contributed by atoms with Gasteiger partial charge in [-0.1, -0.05) is 26.7 Å². The molecule has 3 heteroatoms. The zero-order valence-corrected chi connectivity index (χ0v) is 12.8. The zero-order valence-electron chi connectivity index (χ0n) is 12.8. The van der Waals surface area contributed by atoms with Crippen LogP contribution in [0.25, 0.3) is 0 Å². The minimum Gasteiger partial charge on any atom is -0.389 e. The van der Waals surface area contributed by atoms with Gasteiger partial charge in [-0.2, -0.15) is 0 Å². The van der Waals surface area contributed by atoms with Gasteiger partial charge in [0.05, 0.1) is 5.60 Å². The van der Waals surface area contributed by atoms with Crippen LogP contribution in [0.3, 0.4) is 0 Å². The Bertz CT molecular complexity index is 276. The Labute approximate surface area is 118 Å². The Morgan fingerprint density at radius 3 is 2.21 bits per heavy atom. The molecular weight excluding hydrogens is 236 g/mol. The number of likely N-dealkylation sites (tertiary alicyclic amines) is 1. The van der Waals surface area contributed by atoms with Crippen molar-refractivity contribution in [1.82, 2.24) is 4.90 Å². The SMILES string of the molecule is CCCN1CCC(O)(C2(CN)CCC(C)CC2)CC1. The van der Waals surface area contributed by atoms with Gasteiger partial charge in [0.2, 0.25) is 0 Å². The van der Waals surface area contributed by atoms with Gasteiger partial charge in [-0.15, -0.1) is 0 Å². The molecular formula is C16H32N2O. The summed E-state index contributed by atoms with van der Waals surface area (Å²) in [5.74, 6) is 0.809. The number of piperidine rings is 1. The first-order valence-corrected chi connectivity index (χ1v) is 8.20. The molecule has 0 bridgehead atoms. The van der Waals surface area contributed by atoms with E-state index in [1.807, 2.05) is 0 Å². The number of aliphatic hydroxyl groups is 1. The molecule has 3 nitrogen and oxygen atoms in total. The van der Waals surface area contributed by atoms with Crippen molar-refractivity contribution in [1.29, 1.82) is 0 Å². The summed E-state index contributed by atoms with van der Waals surface area (Å²) in [5, 5.41) is 11.2. The Morgan fingerprint density at radius 2 is 1.74 bits per heavy atom. The fraction of sp³-hybridized carbons (Fsp3) is 1.00. The summed E-state index contributed by atoms with van der Waals surface area (Å²) in [4.78, 5) is 2.49. The second-order valence-corrected chi connectivity index (χ2v) is 7.04. The fourth-order valence-electron chi connectivity index (χ4n) is 4.17. The summed E-state index contributed by atoms with van der Waals surface area (Å²) in [5.41, 5.74) is 5.61. The minimum absolute atomic E-state index is 0.00217. The smallest absolute Gasteiger partial charge is 0.0740 e. The zero-order chi connectivity index (χ0) is 13.9. The molecule has 0 aromatic heterocycles. The summed E-state index contributed by atoms with van der Waals surface area (Å²) in [6, 6.07) is 0. The average Bonchev–Trinajstić information content (AvgIpc) is 2.43. The van der Waals surface area contributed by atoms with E-state index in [0.29, 0.717) is 6.54 Å². The highest BCUT2D eigenvalue weighted by atomic mass is 16.3. The molecule has 0 aromatic rings. The first kappa shape index (κ1) is 15.3. The van der Waals surface area contributed by atoms with Crippen molar-refractivity contribution in [2.75, 3.05) is 26.2 Å². The molecule has 1 aliphatic heterocycles. The Morgan fingerprint density at radius 1 is 1.16 bits per heavy atom. The average molecular weight is 268 g/mol. The molecule has 0 atom stereocenters. The van der Waals surface area contributed by atoms with E-state index in [4.69, 9.17) is 5.73 Å². The molecule has 1 heterocycles. The van der Waals surface area contributed by atoms with E-state index in [-0.39, 0.29) is 5.41 Å². The van der Waals surface area contributed by atoms with Gasteiger partial charge in [0.25, 0.3) is 0 Å². The van der Waals surface area contributed by atoms with Crippen LogP contribution in [0.1, 0.15) is 58.8 Å². The maximum atomic E-state index is 11.2. The standard InChI is InChI=1S/C16H32N2O/c1-3-10-18-11-8-16(19,9-12-18)15(13-17)6-4-14(2)5-7-15/h14,19H,3-13,17H2,1-2H3. The molecule has 2 rings (SSSR count). The molecule has 2 aliphatic rings. The van der Waals surface area contributed by atoms with Crippen molar-refractivity contribution in [3.63, 3.8) is 0 Å². The normalized spacial score (nSPS) is 36.3. The van der Waals surface area contributed by atoms with Gasteiger partial charge in [-0.25, -0.2) is 0 Å². The third-order valence-corrected chi connectivity index (χ3v) is 5.83. The van der Waals surface area contributed by atoms with E-state index in [2.05, 4.69) is 18.7 Å². The second kappa shape index (κ2) is 6.11. The van der Waals surface area contributed by atoms with Gasteiger partial charge >= 0.3 is 0 Å². The van der Waals surface area contributed by atoms with Crippen LogP contribution in [0.4, 0.5) is 0 Å². The molecule has 19 heavy (non-hydrogen) atoms. The van der Waals surface area contributed by atoms with E-state index >= 15 is 0 Å². The molecule has 112 valence electrons. The first-order valence-electron chi connectivity index (χ1n) is 8.20. The van der Waals surface area contributed by atoms with Gasteiger partial charge in [0, 0.05) is 25.0 Å². The summed E-state index contributed by atoms with van der Waals surface area (Å²) < 4.78 is 0. The molecule has 0 aromatic carbocycles. The molecule has 1 aliphatic carbocycles. The lowest BCUT2D eigenvalue weighted by molar-refractivity contribution is -0.135. The second-order valence-electron chi connectivity index (χ2n) is 7.04. The van der Waals surface area contributed by atoms with Gasteiger partial charge in [-0.05, 0) is 44.6 Å². The first-order chi connectivity index (χ1) is 9.05. The fourth-order valence-corrected chi connectivity index (χ4v) is 4.17. The molecule has 3 N–H and O–H groups in total. The molecule has 2 fully saturated rings. The van der Waals surface area contributed by atoms with Crippen LogP contribution in [0.15, 0.2) is 0 Å². The predicted octanol–water partition coefficient (Wildman–Crippen LogP) is 2.38. The highest BCUT2D eigenvalue weighted by molar-refractivity contribution is 5.04. The van der Waals surface area contributed by atoms with Crippen LogP contribution in [0.5, 0.6) is 0 Å². The van der Waals surface area contributed by atoms with Crippen molar-refractivity contribution < 1.29 is 5.11 Å². The van der Waals surface area contributed by atoms with Gasteiger partial charge in [-0.3, -0.25) is 0 Å². The number of hydrogen-bond donors (Lipinski definition) is 2. The summed E-state index contributed by atoms with van der Waals surface area (Å²) in [6.07, 6.45) is 7.75. The lowest BCUT2D eigenvalue weighted by Crippen LogP contribution is -2.59. The van der Waals surface area contributed by atoms with E-state index in [0.717, 1.165) is 44.7 Å². The van der Waals surface area contributed by atoms with Gasteiger partial charge < -0.3 is 15.7 Å². The van der Waals surface area contributed by atoms with Crippen LogP contribution in [-0.2, 0) is 0 Å². The predicted molar refractivity (Wildman–Crippen MR) is 80.0 cm³/mol. The monoisotopic (exact) mass is 268 g/mol. The van der Waals surface area contributed by atoms with E-state index < -0.39 is 5.60 Å².